The van der Waals surface area contributed by atoms with Crippen molar-refractivity contribution in [3.8, 4) is 0 Å². The van der Waals surface area contributed by atoms with Gasteiger partial charge in [0.05, 0.1) is 6.04 Å². The summed E-state index contributed by atoms with van der Waals surface area (Å²) in [6.07, 6.45) is 2.21. The van der Waals surface area contributed by atoms with Crippen LogP contribution in [0, 0.1) is 6.92 Å². The van der Waals surface area contributed by atoms with Gasteiger partial charge in [0, 0.05) is 17.1 Å². The quantitative estimate of drug-likeness (QED) is 0.733. The van der Waals surface area contributed by atoms with E-state index in [1.165, 1.54) is 5.01 Å². The summed E-state index contributed by atoms with van der Waals surface area (Å²) < 4.78 is 0. The Morgan fingerprint density at radius 3 is 2.80 bits per heavy atom. The van der Waals surface area contributed by atoms with Crippen LogP contribution in [-0.2, 0) is 0 Å². The lowest BCUT2D eigenvalue weighted by molar-refractivity contribution is 0.523. The summed E-state index contributed by atoms with van der Waals surface area (Å²) in [7, 11) is 0. The molecular weight excluding hydrogens is 206 g/mol. The second kappa shape index (κ2) is 6.20. The summed E-state index contributed by atoms with van der Waals surface area (Å²) in [6, 6.07) is 0.668. The highest BCUT2D eigenvalue weighted by Crippen LogP contribution is 2.17. The molecule has 15 heavy (non-hydrogen) atoms. The molecule has 0 aliphatic rings. The standard InChI is InChI=1S/C11H21N3S/c1-8(12)5-4-6-13-10(3)11-14-9(2)7-15-11/h7-8,10,13H,4-6,12H2,1-3H3. The molecular formula is C11H21N3S. The van der Waals surface area contributed by atoms with Gasteiger partial charge in [0.2, 0.25) is 0 Å². The van der Waals surface area contributed by atoms with Crippen molar-refractivity contribution in [2.24, 2.45) is 5.73 Å². The van der Waals surface area contributed by atoms with Crippen LogP contribution in [0.4, 0.5) is 0 Å². The largest absolute Gasteiger partial charge is 0.328 e. The van der Waals surface area contributed by atoms with Crippen LogP contribution in [0.3, 0.4) is 0 Å². The second-order valence-corrected chi connectivity index (χ2v) is 5.01. The zero-order valence-corrected chi connectivity index (χ0v) is 10.6. The van der Waals surface area contributed by atoms with Crippen molar-refractivity contribution in [1.29, 1.82) is 0 Å². The maximum atomic E-state index is 5.69. The third-order valence-electron chi connectivity index (χ3n) is 2.29. The fourth-order valence-corrected chi connectivity index (χ4v) is 2.23. The Morgan fingerprint density at radius 1 is 1.53 bits per heavy atom. The molecule has 0 amide bonds. The Labute approximate surface area is 96.1 Å². The van der Waals surface area contributed by atoms with E-state index < -0.39 is 0 Å². The zero-order chi connectivity index (χ0) is 11.3. The third-order valence-corrected chi connectivity index (χ3v) is 3.44. The maximum Gasteiger partial charge on any atom is 0.110 e. The van der Waals surface area contributed by atoms with Crippen molar-refractivity contribution in [1.82, 2.24) is 10.3 Å². The topological polar surface area (TPSA) is 50.9 Å². The molecule has 3 N–H and O–H groups in total. The summed E-state index contributed by atoms with van der Waals surface area (Å²) in [6.45, 7) is 7.25. The minimum absolute atomic E-state index is 0.309. The predicted molar refractivity (Wildman–Crippen MR) is 66.2 cm³/mol. The highest BCUT2D eigenvalue weighted by atomic mass is 32.1. The molecule has 0 saturated carbocycles. The van der Waals surface area contributed by atoms with Crippen molar-refractivity contribution >= 4 is 11.3 Å². The van der Waals surface area contributed by atoms with Crippen LogP contribution < -0.4 is 11.1 Å². The van der Waals surface area contributed by atoms with Crippen molar-refractivity contribution in [3.63, 3.8) is 0 Å². The molecule has 0 bridgehead atoms. The summed E-state index contributed by atoms with van der Waals surface area (Å²) >= 11 is 1.72. The lowest BCUT2D eigenvalue weighted by Crippen LogP contribution is -2.22. The van der Waals surface area contributed by atoms with Gasteiger partial charge in [-0.25, -0.2) is 4.98 Å². The number of aromatic nitrogens is 1. The van der Waals surface area contributed by atoms with E-state index in [4.69, 9.17) is 5.73 Å². The lowest BCUT2D eigenvalue weighted by atomic mass is 10.2. The van der Waals surface area contributed by atoms with Crippen LogP contribution in [0.15, 0.2) is 5.38 Å². The first-order valence-corrected chi connectivity index (χ1v) is 6.38. The van der Waals surface area contributed by atoms with Gasteiger partial charge in [-0.1, -0.05) is 0 Å². The molecule has 0 aliphatic carbocycles. The number of hydrogen-bond donors (Lipinski definition) is 2. The molecule has 0 aromatic carbocycles. The average Bonchev–Trinajstić information content (AvgIpc) is 2.59. The van der Waals surface area contributed by atoms with Crippen molar-refractivity contribution in [2.45, 2.75) is 45.7 Å². The van der Waals surface area contributed by atoms with E-state index in [1.54, 1.807) is 11.3 Å². The van der Waals surface area contributed by atoms with Crippen molar-refractivity contribution < 1.29 is 0 Å². The monoisotopic (exact) mass is 227 g/mol. The summed E-state index contributed by atoms with van der Waals surface area (Å²) in [5.41, 5.74) is 6.80. The molecule has 0 spiro atoms. The molecule has 2 atom stereocenters. The van der Waals surface area contributed by atoms with E-state index in [2.05, 4.69) is 22.6 Å². The Kier molecular flexibility index (Phi) is 5.22. The number of nitrogens with two attached hydrogens (primary N) is 1. The molecule has 1 heterocycles. The number of hydrogen-bond acceptors (Lipinski definition) is 4. The summed E-state index contributed by atoms with van der Waals surface area (Å²) in [5.74, 6) is 0. The highest BCUT2D eigenvalue weighted by Gasteiger charge is 2.07. The van der Waals surface area contributed by atoms with Crippen LogP contribution in [0.25, 0.3) is 0 Å². The van der Waals surface area contributed by atoms with Crippen LogP contribution in [0.2, 0.25) is 0 Å². The van der Waals surface area contributed by atoms with Gasteiger partial charge in [-0.3, -0.25) is 0 Å². The van der Waals surface area contributed by atoms with E-state index in [0.717, 1.165) is 25.1 Å². The molecule has 3 nitrogen and oxygen atoms in total. The van der Waals surface area contributed by atoms with Crippen LogP contribution in [0.1, 0.15) is 43.4 Å². The summed E-state index contributed by atoms with van der Waals surface area (Å²) in [4.78, 5) is 4.46. The number of rotatable bonds is 6. The van der Waals surface area contributed by atoms with Crippen molar-refractivity contribution in [2.75, 3.05) is 6.54 Å². The molecule has 1 rings (SSSR count). The van der Waals surface area contributed by atoms with E-state index in [0.29, 0.717) is 12.1 Å². The molecule has 0 aliphatic heterocycles. The fourth-order valence-electron chi connectivity index (χ4n) is 1.40. The Balaban J connectivity index is 2.21. The van der Waals surface area contributed by atoms with Gasteiger partial charge in [0.15, 0.2) is 0 Å². The Bertz CT molecular complexity index is 283. The third kappa shape index (κ3) is 4.73. The lowest BCUT2D eigenvalue weighted by Gasteiger charge is -2.11. The van der Waals surface area contributed by atoms with E-state index in [1.807, 2.05) is 13.8 Å². The van der Waals surface area contributed by atoms with Gasteiger partial charge in [-0.15, -0.1) is 11.3 Å². The Morgan fingerprint density at radius 2 is 2.27 bits per heavy atom. The van der Waals surface area contributed by atoms with Gasteiger partial charge in [-0.2, -0.15) is 0 Å². The number of thiazole rings is 1. The van der Waals surface area contributed by atoms with E-state index >= 15 is 0 Å². The average molecular weight is 227 g/mol. The van der Waals surface area contributed by atoms with Crippen LogP contribution in [-0.4, -0.2) is 17.6 Å². The van der Waals surface area contributed by atoms with Crippen molar-refractivity contribution in [3.05, 3.63) is 16.1 Å². The van der Waals surface area contributed by atoms with E-state index in [-0.39, 0.29) is 0 Å². The minimum atomic E-state index is 0.309. The zero-order valence-electron chi connectivity index (χ0n) is 9.79. The first kappa shape index (κ1) is 12.6. The summed E-state index contributed by atoms with van der Waals surface area (Å²) in [5, 5.41) is 6.73. The van der Waals surface area contributed by atoms with Gasteiger partial charge < -0.3 is 11.1 Å². The first-order chi connectivity index (χ1) is 7.09. The van der Waals surface area contributed by atoms with Crippen LogP contribution in [0.5, 0.6) is 0 Å². The molecule has 0 saturated heterocycles. The normalized spacial score (nSPS) is 15.2. The first-order valence-electron chi connectivity index (χ1n) is 5.50. The Hall–Kier alpha value is -0.450. The minimum Gasteiger partial charge on any atom is -0.328 e. The molecule has 1 aromatic heterocycles. The number of aryl methyl sites for hydroxylation is 1. The second-order valence-electron chi connectivity index (χ2n) is 4.12. The molecule has 0 radical (unpaired) electrons. The fraction of sp³-hybridized carbons (Fsp3) is 0.727. The van der Waals surface area contributed by atoms with Gasteiger partial charge in [0.1, 0.15) is 5.01 Å². The maximum absolute atomic E-state index is 5.69. The predicted octanol–water partition coefficient (Wildman–Crippen LogP) is 2.23. The highest BCUT2D eigenvalue weighted by molar-refractivity contribution is 7.09. The molecule has 2 unspecified atom stereocenters. The smallest absolute Gasteiger partial charge is 0.110 e. The molecule has 0 fully saturated rings. The molecule has 4 heteroatoms. The number of nitrogens with zero attached hydrogens (tertiary/aromatic N) is 1. The van der Waals surface area contributed by atoms with Gasteiger partial charge in [-0.05, 0) is 40.2 Å². The van der Waals surface area contributed by atoms with Gasteiger partial charge in [0.25, 0.3) is 0 Å². The number of nitrogens with one attached hydrogen (secondary N) is 1. The molecule has 86 valence electrons. The van der Waals surface area contributed by atoms with E-state index in [9.17, 15) is 0 Å². The van der Waals surface area contributed by atoms with Crippen LogP contribution >= 0.6 is 11.3 Å². The van der Waals surface area contributed by atoms with Gasteiger partial charge >= 0.3 is 0 Å². The molecule has 1 aromatic rings. The SMILES string of the molecule is Cc1csc(C(C)NCCCC(C)N)n1.